The molecule has 3 saturated carbocycles. The van der Waals surface area contributed by atoms with Crippen LogP contribution in [0.2, 0.25) is 0 Å². The number of carbonyl (C=O) groups excluding carboxylic acids is 2. The van der Waals surface area contributed by atoms with Crippen LogP contribution in [0.25, 0.3) is 0 Å². The summed E-state index contributed by atoms with van der Waals surface area (Å²) in [5.74, 6) is -0.484. The van der Waals surface area contributed by atoms with Gasteiger partial charge in [-0.15, -0.1) is 0 Å². The highest BCUT2D eigenvalue weighted by atomic mass is 16.3. The van der Waals surface area contributed by atoms with E-state index in [2.05, 4.69) is 20.4 Å². The SMILES string of the molecule is C=C1C(=O)C2C[C@H]1CCC(=O)[C@@]1(C)[C@H](C[C@H]2O)C(C)(C)CC[C@@H]1O. The third-order valence-electron chi connectivity index (χ3n) is 7.37. The van der Waals surface area contributed by atoms with E-state index in [1.54, 1.807) is 0 Å². The summed E-state index contributed by atoms with van der Waals surface area (Å²) in [6, 6.07) is 0. The van der Waals surface area contributed by atoms with Gasteiger partial charge < -0.3 is 10.2 Å². The number of hydrogen-bond acceptors (Lipinski definition) is 4. The average Bonchev–Trinajstić information content (AvgIpc) is 2.80. The van der Waals surface area contributed by atoms with Crippen LogP contribution in [0.4, 0.5) is 0 Å². The maximum atomic E-state index is 13.1. The molecule has 0 radical (unpaired) electrons. The molecule has 2 bridgehead atoms. The molecule has 3 aliphatic carbocycles. The predicted octanol–water partition coefficient (Wildman–Crippen LogP) is 2.67. The molecule has 3 aliphatic rings. The summed E-state index contributed by atoms with van der Waals surface area (Å²) >= 11 is 0. The van der Waals surface area contributed by atoms with E-state index in [1.807, 2.05) is 6.92 Å². The third kappa shape index (κ3) is 2.50. The van der Waals surface area contributed by atoms with Crippen molar-refractivity contribution in [2.75, 3.05) is 0 Å². The maximum Gasteiger partial charge on any atom is 0.164 e. The molecule has 3 rings (SSSR count). The number of ketones is 2. The zero-order chi connectivity index (χ0) is 17.9. The summed E-state index contributed by atoms with van der Waals surface area (Å²) in [6.07, 6.45) is 1.97. The Balaban J connectivity index is 2.03. The number of rotatable bonds is 0. The predicted molar refractivity (Wildman–Crippen MR) is 91.2 cm³/mol. The molecule has 0 aromatic heterocycles. The molecule has 4 nitrogen and oxygen atoms in total. The van der Waals surface area contributed by atoms with Gasteiger partial charge >= 0.3 is 0 Å². The summed E-state index contributed by atoms with van der Waals surface area (Å²) in [4.78, 5) is 25.6. The Hall–Kier alpha value is -1.00. The second-order valence-corrected chi connectivity index (χ2v) is 9.07. The number of fused-ring (bicyclic) bond motifs is 3. The Morgan fingerprint density at radius 2 is 1.75 bits per heavy atom. The molecule has 0 spiro atoms. The molecule has 6 atom stereocenters. The summed E-state index contributed by atoms with van der Waals surface area (Å²) in [6.45, 7) is 10.0. The van der Waals surface area contributed by atoms with Gasteiger partial charge in [0.2, 0.25) is 0 Å². The first-order valence-corrected chi connectivity index (χ1v) is 9.21. The van der Waals surface area contributed by atoms with Gasteiger partial charge in [-0.3, -0.25) is 9.59 Å². The van der Waals surface area contributed by atoms with E-state index in [4.69, 9.17) is 0 Å². The maximum absolute atomic E-state index is 13.1. The van der Waals surface area contributed by atoms with Gasteiger partial charge in [0.1, 0.15) is 5.78 Å². The lowest BCUT2D eigenvalue weighted by Gasteiger charge is -2.53. The van der Waals surface area contributed by atoms with Crippen molar-refractivity contribution in [3.05, 3.63) is 12.2 Å². The number of allylic oxidation sites excluding steroid dienone is 1. The molecule has 134 valence electrons. The first-order chi connectivity index (χ1) is 11.1. The second kappa shape index (κ2) is 5.77. The highest BCUT2D eigenvalue weighted by Gasteiger charge is 2.57. The molecule has 24 heavy (non-hydrogen) atoms. The lowest BCUT2D eigenvalue weighted by atomic mass is 9.51. The molecular formula is C20H30O4. The van der Waals surface area contributed by atoms with Gasteiger partial charge in [-0.25, -0.2) is 0 Å². The molecule has 1 unspecified atom stereocenters. The number of Topliss-reactive ketones (excluding diaryl/α,β-unsaturated/α-hetero) is 2. The average molecular weight is 334 g/mol. The van der Waals surface area contributed by atoms with Crippen LogP contribution in [-0.2, 0) is 9.59 Å². The normalized spacial score (nSPS) is 45.9. The largest absolute Gasteiger partial charge is 0.392 e. The zero-order valence-corrected chi connectivity index (χ0v) is 15.0. The number of aliphatic hydroxyl groups is 2. The van der Waals surface area contributed by atoms with E-state index in [0.717, 1.165) is 6.42 Å². The van der Waals surface area contributed by atoms with Crippen LogP contribution in [0.5, 0.6) is 0 Å². The van der Waals surface area contributed by atoms with Crippen molar-refractivity contribution < 1.29 is 19.8 Å². The highest BCUT2D eigenvalue weighted by molar-refractivity contribution is 6.00. The smallest absolute Gasteiger partial charge is 0.164 e. The number of hydrogen-bond donors (Lipinski definition) is 2. The third-order valence-corrected chi connectivity index (χ3v) is 7.37. The molecule has 0 aromatic rings. The van der Waals surface area contributed by atoms with Crippen molar-refractivity contribution in [2.45, 2.75) is 71.5 Å². The Kier molecular flexibility index (Phi) is 4.28. The lowest BCUT2D eigenvalue weighted by molar-refractivity contribution is -0.159. The van der Waals surface area contributed by atoms with E-state index in [9.17, 15) is 19.8 Å². The topological polar surface area (TPSA) is 74.6 Å². The van der Waals surface area contributed by atoms with Crippen LogP contribution in [0, 0.1) is 28.6 Å². The molecular weight excluding hydrogens is 304 g/mol. The van der Waals surface area contributed by atoms with Gasteiger partial charge in [0.25, 0.3) is 0 Å². The van der Waals surface area contributed by atoms with Crippen LogP contribution < -0.4 is 0 Å². The van der Waals surface area contributed by atoms with Gasteiger partial charge in [-0.05, 0) is 61.9 Å². The van der Waals surface area contributed by atoms with Crippen molar-refractivity contribution >= 4 is 11.6 Å². The van der Waals surface area contributed by atoms with Crippen molar-refractivity contribution in [2.24, 2.45) is 28.6 Å². The van der Waals surface area contributed by atoms with Crippen LogP contribution in [0.15, 0.2) is 12.2 Å². The number of aliphatic hydroxyl groups excluding tert-OH is 2. The minimum atomic E-state index is -0.843. The van der Waals surface area contributed by atoms with Crippen molar-refractivity contribution in [1.29, 1.82) is 0 Å². The molecule has 0 aromatic carbocycles. The molecule has 0 amide bonds. The summed E-state index contributed by atoms with van der Waals surface area (Å²) in [5, 5.41) is 21.5. The standard InChI is InChI=1S/C20H30O4/c1-11-12-5-6-16(22)20(4)15(19(2,3)8-7-17(20)23)10-14(21)13(9-12)18(11)24/h12-15,17,21,23H,1,5-10H2,2-4H3/t12-,13?,14-,15-,17+,20-/m1/s1. The van der Waals surface area contributed by atoms with Gasteiger partial charge in [0.05, 0.1) is 17.6 Å². The molecule has 4 heteroatoms. The van der Waals surface area contributed by atoms with Gasteiger partial charge in [-0.1, -0.05) is 20.4 Å². The molecule has 0 saturated heterocycles. The fourth-order valence-electron chi connectivity index (χ4n) is 5.57. The van der Waals surface area contributed by atoms with E-state index in [1.165, 1.54) is 0 Å². The Labute approximate surface area is 144 Å². The van der Waals surface area contributed by atoms with E-state index in [0.29, 0.717) is 37.7 Å². The Morgan fingerprint density at radius 3 is 2.42 bits per heavy atom. The fraction of sp³-hybridized carbons (Fsp3) is 0.800. The molecule has 0 heterocycles. The van der Waals surface area contributed by atoms with E-state index < -0.39 is 23.5 Å². The molecule has 3 fully saturated rings. The van der Waals surface area contributed by atoms with Crippen molar-refractivity contribution in [3.63, 3.8) is 0 Å². The molecule has 0 aliphatic heterocycles. The van der Waals surface area contributed by atoms with Crippen molar-refractivity contribution in [3.8, 4) is 0 Å². The zero-order valence-electron chi connectivity index (χ0n) is 15.0. The Bertz CT molecular complexity index is 578. The monoisotopic (exact) mass is 334 g/mol. The quantitative estimate of drug-likeness (QED) is 0.668. The van der Waals surface area contributed by atoms with Crippen LogP contribution in [0.3, 0.4) is 0 Å². The minimum Gasteiger partial charge on any atom is -0.392 e. The van der Waals surface area contributed by atoms with Gasteiger partial charge in [0, 0.05) is 12.3 Å². The minimum absolute atomic E-state index is 0.00464. The second-order valence-electron chi connectivity index (χ2n) is 9.07. The molecule has 2 N–H and O–H groups in total. The summed E-state index contributed by atoms with van der Waals surface area (Å²) in [7, 11) is 0. The Morgan fingerprint density at radius 1 is 1.08 bits per heavy atom. The number of carbonyl (C=O) groups is 2. The van der Waals surface area contributed by atoms with Crippen LogP contribution in [0.1, 0.15) is 59.3 Å². The highest BCUT2D eigenvalue weighted by Crippen LogP contribution is 2.55. The van der Waals surface area contributed by atoms with Crippen LogP contribution in [-0.4, -0.2) is 34.0 Å². The van der Waals surface area contributed by atoms with Gasteiger partial charge in [-0.2, -0.15) is 0 Å². The lowest BCUT2D eigenvalue weighted by Crippen LogP contribution is -2.56. The summed E-state index contributed by atoms with van der Waals surface area (Å²) < 4.78 is 0. The summed E-state index contributed by atoms with van der Waals surface area (Å²) in [5.41, 5.74) is -0.423. The first-order valence-electron chi connectivity index (χ1n) is 9.21. The van der Waals surface area contributed by atoms with Crippen LogP contribution >= 0.6 is 0 Å². The van der Waals surface area contributed by atoms with Crippen molar-refractivity contribution in [1.82, 2.24) is 0 Å². The van der Waals surface area contributed by atoms with E-state index in [-0.39, 0.29) is 28.8 Å². The fourth-order valence-corrected chi connectivity index (χ4v) is 5.57. The van der Waals surface area contributed by atoms with E-state index >= 15 is 0 Å². The van der Waals surface area contributed by atoms with Gasteiger partial charge in [0.15, 0.2) is 5.78 Å². The first kappa shape index (κ1) is 17.8.